The van der Waals surface area contributed by atoms with Gasteiger partial charge in [0.1, 0.15) is 5.78 Å². The van der Waals surface area contributed by atoms with Gasteiger partial charge in [-0.25, -0.2) is 4.79 Å². The fourth-order valence-electron chi connectivity index (χ4n) is 2.97. The van der Waals surface area contributed by atoms with Crippen LogP contribution in [0.3, 0.4) is 0 Å². The van der Waals surface area contributed by atoms with Crippen LogP contribution in [0.1, 0.15) is 40.5 Å². The maximum atomic E-state index is 12.2. The number of carbonyl (C=O) groups excluding carboxylic acids is 2. The Morgan fingerprint density at radius 3 is 2.55 bits per heavy atom. The van der Waals surface area contributed by atoms with E-state index in [9.17, 15) is 9.59 Å². The van der Waals surface area contributed by atoms with E-state index in [1.165, 1.54) is 0 Å². The molecule has 22 heavy (non-hydrogen) atoms. The number of Topliss-reactive ketones (excluding diaryl/α,β-unsaturated/α-hetero) is 1. The predicted molar refractivity (Wildman–Crippen MR) is 88.0 cm³/mol. The molecule has 0 heterocycles. The minimum atomic E-state index is -1.94. The van der Waals surface area contributed by atoms with Gasteiger partial charge in [0, 0.05) is 17.9 Å². The summed E-state index contributed by atoms with van der Waals surface area (Å²) in [6.07, 6.45) is 2.98. The van der Waals surface area contributed by atoms with Crippen LogP contribution >= 0.6 is 0 Å². The molecule has 0 spiro atoms. The van der Waals surface area contributed by atoms with E-state index >= 15 is 0 Å². The lowest BCUT2D eigenvalue weighted by Crippen LogP contribution is -2.45. The molecule has 4 nitrogen and oxygen atoms in total. The zero-order chi connectivity index (χ0) is 16.7. The third-order valence-corrected chi connectivity index (χ3v) is 9.80. The van der Waals surface area contributed by atoms with E-state index in [0.29, 0.717) is 18.6 Å². The van der Waals surface area contributed by atoms with E-state index in [1.807, 2.05) is 6.08 Å². The van der Waals surface area contributed by atoms with Gasteiger partial charge in [-0.1, -0.05) is 20.8 Å². The van der Waals surface area contributed by atoms with Gasteiger partial charge in [0.05, 0.1) is 12.7 Å². The molecule has 124 valence electrons. The van der Waals surface area contributed by atoms with Gasteiger partial charge in [-0.15, -0.1) is 0 Å². The van der Waals surface area contributed by atoms with Crippen LogP contribution in [-0.2, 0) is 18.8 Å². The molecule has 1 saturated carbocycles. The molecule has 1 fully saturated rings. The molecule has 2 bridgehead atoms. The summed E-state index contributed by atoms with van der Waals surface area (Å²) in [7, 11) is -1.94. The Bertz CT molecular complexity index is 501. The van der Waals surface area contributed by atoms with Gasteiger partial charge < -0.3 is 9.16 Å². The number of ether oxygens (including phenoxy) is 1. The molecule has 2 aliphatic carbocycles. The fraction of sp³-hybridized carbons (Fsp3) is 0.765. The first-order chi connectivity index (χ1) is 10.1. The second-order valence-corrected chi connectivity index (χ2v) is 12.7. The monoisotopic (exact) mass is 324 g/mol. The second kappa shape index (κ2) is 5.93. The molecule has 5 heteroatoms. The summed E-state index contributed by atoms with van der Waals surface area (Å²) in [6.45, 7) is 13.1. The smallest absolute Gasteiger partial charge is 0.334 e. The molecule has 0 unspecified atom stereocenters. The SMILES string of the molecule is CCOC(=O)C1=C[C@@H](O[Si](C)(C)C(C)(C)C)[C@H]2CC(=O)[C@@H]1C2. The van der Waals surface area contributed by atoms with Crippen molar-refractivity contribution in [3.8, 4) is 0 Å². The van der Waals surface area contributed by atoms with Crippen molar-refractivity contribution in [1.82, 2.24) is 0 Å². The van der Waals surface area contributed by atoms with Crippen molar-refractivity contribution in [2.24, 2.45) is 11.8 Å². The Hall–Kier alpha value is -0.943. The highest BCUT2D eigenvalue weighted by Crippen LogP contribution is 2.45. The molecule has 0 radical (unpaired) electrons. The highest BCUT2D eigenvalue weighted by atomic mass is 28.4. The largest absolute Gasteiger partial charge is 0.463 e. The zero-order valence-corrected chi connectivity index (χ0v) is 15.6. The molecule has 0 amide bonds. The molecule has 0 aromatic carbocycles. The van der Waals surface area contributed by atoms with E-state index in [4.69, 9.17) is 9.16 Å². The maximum Gasteiger partial charge on any atom is 0.334 e. The summed E-state index contributed by atoms with van der Waals surface area (Å²) in [5.74, 6) is -0.260. The Balaban J connectivity index is 2.26. The second-order valence-electron chi connectivity index (χ2n) is 7.90. The fourth-order valence-corrected chi connectivity index (χ4v) is 4.26. The van der Waals surface area contributed by atoms with Gasteiger partial charge >= 0.3 is 5.97 Å². The van der Waals surface area contributed by atoms with Crippen LogP contribution in [0.4, 0.5) is 0 Å². The minimum absolute atomic E-state index is 0.102. The Morgan fingerprint density at radius 2 is 2.00 bits per heavy atom. The normalized spacial score (nSPS) is 28.5. The molecule has 0 N–H and O–H groups in total. The van der Waals surface area contributed by atoms with Crippen LogP contribution in [0.2, 0.25) is 18.1 Å². The van der Waals surface area contributed by atoms with Crippen molar-refractivity contribution in [2.75, 3.05) is 6.61 Å². The summed E-state index contributed by atoms with van der Waals surface area (Å²) in [5.41, 5.74) is 0.518. The van der Waals surface area contributed by atoms with Crippen molar-refractivity contribution in [3.05, 3.63) is 11.6 Å². The van der Waals surface area contributed by atoms with Crippen LogP contribution in [0.25, 0.3) is 0 Å². The number of rotatable bonds is 4. The molecular formula is C17H28O4Si. The quantitative estimate of drug-likeness (QED) is 0.587. The van der Waals surface area contributed by atoms with Crippen molar-refractivity contribution in [3.63, 3.8) is 0 Å². The number of hydrogen-bond donors (Lipinski definition) is 0. The molecule has 2 rings (SSSR count). The number of fused-ring (bicyclic) bond motifs is 2. The first-order valence-electron chi connectivity index (χ1n) is 8.16. The van der Waals surface area contributed by atoms with Gasteiger partial charge in [-0.2, -0.15) is 0 Å². The van der Waals surface area contributed by atoms with E-state index in [2.05, 4.69) is 33.9 Å². The number of ketones is 1. The highest BCUT2D eigenvalue weighted by Gasteiger charge is 2.48. The zero-order valence-electron chi connectivity index (χ0n) is 14.6. The van der Waals surface area contributed by atoms with Gasteiger partial charge in [0.25, 0.3) is 0 Å². The summed E-state index contributed by atoms with van der Waals surface area (Å²) < 4.78 is 11.6. The van der Waals surface area contributed by atoms with Crippen LogP contribution in [0.5, 0.6) is 0 Å². The average Bonchev–Trinajstić information content (AvgIpc) is 2.70. The summed E-state index contributed by atoms with van der Waals surface area (Å²) in [4.78, 5) is 24.3. The maximum absolute atomic E-state index is 12.2. The van der Waals surface area contributed by atoms with Crippen molar-refractivity contribution < 1.29 is 18.8 Å². The lowest BCUT2D eigenvalue weighted by atomic mass is 9.86. The molecular weight excluding hydrogens is 296 g/mol. The third-order valence-electron chi connectivity index (χ3n) is 5.32. The minimum Gasteiger partial charge on any atom is -0.463 e. The molecule has 0 aliphatic heterocycles. The van der Waals surface area contributed by atoms with E-state index in [1.54, 1.807) is 6.92 Å². The number of carbonyl (C=O) groups is 2. The summed E-state index contributed by atoms with van der Waals surface area (Å²) >= 11 is 0. The lowest BCUT2D eigenvalue weighted by Gasteiger charge is -2.41. The van der Waals surface area contributed by atoms with Gasteiger partial charge in [-0.05, 0) is 43.5 Å². The average molecular weight is 324 g/mol. The van der Waals surface area contributed by atoms with Crippen molar-refractivity contribution in [1.29, 1.82) is 0 Å². The Labute approximate surface area is 134 Å². The number of esters is 1. The van der Waals surface area contributed by atoms with Crippen LogP contribution in [-0.4, -0.2) is 32.8 Å². The standard InChI is InChI=1S/C17H28O4Si/c1-7-20-16(19)13-10-15(11-8-12(13)14(18)9-11)21-22(5,6)17(2,3)4/h10-12,15H,7-9H2,1-6H3/t11-,12-,15-/m1/s1. The summed E-state index contributed by atoms with van der Waals surface area (Å²) in [6, 6.07) is 0. The van der Waals surface area contributed by atoms with Crippen molar-refractivity contribution in [2.45, 2.75) is 64.8 Å². The van der Waals surface area contributed by atoms with Gasteiger partial charge in [-0.3, -0.25) is 4.79 Å². The Morgan fingerprint density at radius 1 is 1.36 bits per heavy atom. The highest BCUT2D eigenvalue weighted by molar-refractivity contribution is 6.74. The molecule has 2 aliphatic rings. The third kappa shape index (κ3) is 3.20. The van der Waals surface area contributed by atoms with E-state index in [-0.39, 0.29) is 34.7 Å². The predicted octanol–water partition coefficient (Wildman–Crippen LogP) is 3.48. The van der Waals surface area contributed by atoms with Crippen LogP contribution in [0.15, 0.2) is 11.6 Å². The van der Waals surface area contributed by atoms with Crippen molar-refractivity contribution >= 4 is 20.1 Å². The molecule has 3 atom stereocenters. The van der Waals surface area contributed by atoms with E-state index < -0.39 is 8.32 Å². The lowest BCUT2D eigenvalue weighted by molar-refractivity contribution is -0.140. The first kappa shape index (κ1) is 17.4. The molecule has 0 saturated heterocycles. The van der Waals surface area contributed by atoms with Crippen LogP contribution in [0, 0.1) is 11.8 Å². The topological polar surface area (TPSA) is 52.6 Å². The summed E-state index contributed by atoms with van der Waals surface area (Å²) in [5, 5.41) is 0.102. The van der Waals surface area contributed by atoms with Gasteiger partial charge in [0.2, 0.25) is 0 Å². The number of hydrogen-bond acceptors (Lipinski definition) is 4. The molecule has 0 aromatic rings. The Kier molecular flexibility index (Phi) is 4.69. The van der Waals surface area contributed by atoms with Gasteiger partial charge in [0.15, 0.2) is 8.32 Å². The molecule has 0 aromatic heterocycles. The van der Waals surface area contributed by atoms with E-state index in [0.717, 1.165) is 6.42 Å². The van der Waals surface area contributed by atoms with Crippen LogP contribution < -0.4 is 0 Å². The first-order valence-corrected chi connectivity index (χ1v) is 11.1.